The summed E-state index contributed by atoms with van der Waals surface area (Å²) in [6.45, 7) is 3.73. The minimum atomic E-state index is 0.388. The summed E-state index contributed by atoms with van der Waals surface area (Å²) in [6, 6.07) is 4.19. The molecule has 0 spiro atoms. The van der Waals surface area contributed by atoms with Crippen molar-refractivity contribution in [2.24, 2.45) is 17.8 Å². The number of halogens is 1. The monoisotopic (exact) mass is 407 g/mol. The number of rotatable bonds is 7. The van der Waals surface area contributed by atoms with E-state index in [9.17, 15) is 0 Å². The highest BCUT2D eigenvalue weighted by Gasteiger charge is 2.50. The number of hydrogen-bond acceptors (Lipinski definition) is 3. The fraction of sp³-hybridized carbons (Fsp3) is 0.714. The highest BCUT2D eigenvalue weighted by atomic mass is 79.9. The molecule has 0 radical (unpaired) electrons. The molecule has 4 heteroatoms. The molecule has 0 heterocycles. The van der Waals surface area contributed by atoms with Crippen molar-refractivity contribution in [3.8, 4) is 11.5 Å². The van der Waals surface area contributed by atoms with Gasteiger partial charge in [0.05, 0.1) is 13.7 Å². The molecular formula is C21H30BrNO2. The summed E-state index contributed by atoms with van der Waals surface area (Å²) in [6.07, 6.45) is 9.60. The first-order chi connectivity index (χ1) is 12.1. The minimum absolute atomic E-state index is 0.388. The van der Waals surface area contributed by atoms with Gasteiger partial charge in [-0.25, -0.2) is 0 Å². The summed E-state index contributed by atoms with van der Waals surface area (Å²) >= 11 is 3.74. The first-order valence-corrected chi connectivity index (χ1v) is 10.6. The van der Waals surface area contributed by atoms with Crippen molar-refractivity contribution >= 4 is 15.9 Å². The third kappa shape index (κ3) is 3.57. The lowest BCUT2D eigenvalue weighted by Gasteiger charge is -2.57. The van der Waals surface area contributed by atoms with Crippen LogP contribution >= 0.6 is 15.9 Å². The zero-order valence-electron chi connectivity index (χ0n) is 15.4. The Morgan fingerprint density at radius 3 is 2.28 bits per heavy atom. The van der Waals surface area contributed by atoms with Crippen molar-refractivity contribution < 1.29 is 9.47 Å². The van der Waals surface area contributed by atoms with Gasteiger partial charge in [-0.15, -0.1) is 0 Å². The standard InChI is InChI=1S/C21H30BrNO2/c1-3-4-25-20-9-18(22)17(8-19(20)24-2)13-23-21-10-14-5-15(11-21)7-16(6-14)12-21/h8-9,14-16,23H,3-7,10-13H2,1-2H3. The number of nitrogens with one attached hydrogen (secondary N) is 1. The smallest absolute Gasteiger partial charge is 0.162 e. The van der Waals surface area contributed by atoms with E-state index < -0.39 is 0 Å². The van der Waals surface area contributed by atoms with Crippen LogP contribution in [0.4, 0.5) is 0 Å². The lowest BCUT2D eigenvalue weighted by molar-refractivity contribution is -0.0206. The zero-order valence-corrected chi connectivity index (χ0v) is 17.0. The van der Waals surface area contributed by atoms with E-state index in [0.29, 0.717) is 12.1 Å². The van der Waals surface area contributed by atoms with Crippen LogP contribution in [0.1, 0.15) is 57.4 Å². The molecule has 1 N–H and O–H groups in total. The molecule has 138 valence electrons. The molecule has 0 unspecified atom stereocenters. The minimum Gasteiger partial charge on any atom is -0.493 e. The van der Waals surface area contributed by atoms with Crippen molar-refractivity contribution in [1.82, 2.24) is 5.32 Å². The molecule has 25 heavy (non-hydrogen) atoms. The second-order valence-corrected chi connectivity index (χ2v) is 9.35. The summed E-state index contributed by atoms with van der Waals surface area (Å²) in [7, 11) is 1.72. The van der Waals surface area contributed by atoms with Crippen molar-refractivity contribution in [1.29, 1.82) is 0 Å². The van der Waals surface area contributed by atoms with Gasteiger partial charge >= 0.3 is 0 Å². The molecule has 0 saturated heterocycles. The predicted molar refractivity (Wildman–Crippen MR) is 104 cm³/mol. The Morgan fingerprint density at radius 2 is 1.72 bits per heavy atom. The molecule has 4 aliphatic carbocycles. The fourth-order valence-electron chi connectivity index (χ4n) is 5.81. The van der Waals surface area contributed by atoms with Crippen LogP contribution in [0, 0.1) is 17.8 Å². The third-order valence-electron chi connectivity index (χ3n) is 6.49. The van der Waals surface area contributed by atoms with Crippen LogP contribution in [-0.2, 0) is 6.54 Å². The molecule has 4 fully saturated rings. The number of methoxy groups -OCH3 is 1. The van der Waals surface area contributed by atoms with Crippen LogP contribution in [0.25, 0.3) is 0 Å². The van der Waals surface area contributed by atoms with Crippen molar-refractivity contribution in [3.05, 3.63) is 22.2 Å². The molecule has 1 aromatic carbocycles. The Morgan fingerprint density at radius 1 is 1.08 bits per heavy atom. The highest BCUT2D eigenvalue weighted by molar-refractivity contribution is 9.10. The van der Waals surface area contributed by atoms with Gasteiger partial charge in [-0.3, -0.25) is 0 Å². The highest BCUT2D eigenvalue weighted by Crippen LogP contribution is 2.55. The van der Waals surface area contributed by atoms with Gasteiger partial charge in [0.2, 0.25) is 0 Å². The lowest BCUT2D eigenvalue weighted by Crippen LogP contribution is -2.58. The summed E-state index contributed by atoms with van der Waals surface area (Å²) in [4.78, 5) is 0. The Kier molecular flexibility index (Phi) is 5.02. The van der Waals surface area contributed by atoms with Gasteiger partial charge in [0, 0.05) is 16.6 Å². The van der Waals surface area contributed by atoms with E-state index in [2.05, 4.69) is 40.3 Å². The van der Waals surface area contributed by atoms with Gasteiger partial charge in [-0.1, -0.05) is 22.9 Å². The SMILES string of the molecule is CCCOc1cc(Br)c(CNC23CC4CC(CC(C4)C2)C3)cc1OC. The number of benzene rings is 1. The molecule has 4 aliphatic rings. The van der Waals surface area contributed by atoms with E-state index in [4.69, 9.17) is 9.47 Å². The first-order valence-electron chi connectivity index (χ1n) is 9.85. The molecule has 0 amide bonds. The maximum atomic E-state index is 5.82. The summed E-state index contributed by atoms with van der Waals surface area (Å²) in [5.41, 5.74) is 1.65. The molecule has 1 aromatic rings. The van der Waals surface area contributed by atoms with Crippen LogP contribution in [0.3, 0.4) is 0 Å². The molecule has 3 nitrogen and oxygen atoms in total. The molecule has 0 atom stereocenters. The fourth-order valence-corrected chi connectivity index (χ4v) is 6.27. The van der Waals surface area contributed by atoms with Crippen LogP contribution in [0.2, 0.25) is 0 Å². The van der Waals surface area contributed by atoms with Crippen molar-refractivity contribution in [2.45, 2.75) is 64.0 Å². The number of ether oxygens (including phenoxy) is 2. The van der Waals surface area contributed by atoms with Crippen LogP contribution in [0.15, 0.2) is 16.6 Å². The van der Waals surface area contributed by atoms with Crippen LogP contribution < -0.4 is 14.8 Å². The Bertz CT molecular complexity index is 595. The van der Waals surface area contributed by atoms with E-state index in [1.807, 2.05) is 0 Å². The second-order valence-electron chi connectivity index (χ2n) is 8.49. The maximum Gasteiger partial charge on any atom is 0.162 e. The van der Waals surface area contributed by atoms with Crippen molar-refractivity contribution in [3.63, 3.8) is 0 Å². The average molecular weight is 408 g/mol. The maximum absolute atomic E-state index is 5.82. The van der Waals surface area contributed by atoms with Gasteiger partial charge < -0.3 is 14.8 Å². The van der Waals surface area contributed by atoms with Gasteiger partial charge in [0.25, 0.3) is 0 Å². The molecular weight excluding hydrogens is 378 g/mol. The lowest BCUT2D eigenvalue weighted by atomic mass is 9.53. The van der Waals surface area contributed by atoms with Gasteiger partial charge in [-0.2, -0.15) is 0 Å². The van der Waals surface area contributed by atoms with Gasteiger partial charge in [0.1, 0.15) is 0 Å². The van der Waals surface area contributed by atoms with Crippen molar-refractivity contribution in [2.75, 3.05) is 13.7 Å². The third-order valence-corrected chi connectivity index (χ3v) is 7.22. The first kappa shape index (κ1) is 17.7. The topological polar surface area (TPSA) is 30.5 Å². The molecule has 5 rings (SSSR count). The predicted octanol–water partition coefficient (Wildman–Crippen LogP) is 5.30. The molecule has 4 saturated carbocycles. The average Bonchev–Trinajstić information content (AvgIpc) is 2.57. The molecule has 0 aromatic heterocycles. The van der Waals surface area contributed by atoms with E-state index in [1.165, 1.54) is 44.1 Å². The van der Waals surface area contributed by atoms with Gasteiger partial charge in [0.15, 0.2) is 11.5 Å². The molecule has 4 bridgehead atoms. The number of hydrogen-bond donors (Lipinski definition) is 1. The van der Waals surface area contributed by atoms with Crippen LogP contribution in [0.5, 0.6) is 11.5 Å². The van der Waals surface area contributed by atoms with E-state index >= 15 is 0 Å². The van der Waals surface area contributed by atoms with E-state index in [1.54, 1.807) is 7.11 Å². The molecule has 0 aliphatic heterocycles. The largest absolute Gasteiger partial charge is 0.493 e. The summed E-state index contributed by atoms with van der Waals surface area (Å²) in [5.74, 6) is 4.58. The Balaban J connectivity index is 1.47. The van der Waals surface area contributed by atoms with E-state index in [-0.39, 0.29) is 0 Å². The quantitative estimate of drug-likeness (QED) is 0.664. The summed E-state index contributed by atoms with van der Waals surface area (Å²) in [5, 5.41) is 3.97. The normalized spacial score (nSPS) is 32.8. The zero-order chi connectivity index (χ0) is 17.4. The Hall–Kier alpha value is -0.740. The second kappa shape index (κ2) is 7.11. The van der Waals surface area contributed by atoms with Crippen LogP contribution in [-0.4, -0.2) is 19.3 Å². The Labute approximate surface area is 160 Å². The van der Waals surface area contributed by atoms with E-state index in [0.717, 1.165) is 46.7 Å². The summed E-state index contributed by atoms with van der Waals surface area (Å²) < 4.78 is 12.5. The van der Waals surface area contributed by atoms with Gasteiger partial charge in [-0.05, 0) is 80.4 Å².